The van der Waals surface area contributed by atoms with Crippen LogP contribution in [-0.4, -0.2) is 42.1 Å². The number of carbonyl (C=O) groups excluding carboxylic acids is 1. The van der Waals surface area contributed by atoms with E-state index < -0.39 is 0 Å². The zero-order valence-electron chi connectivity index (χ0n) is 10.3. The average Bonchev–Trinajstić information content (AvgIpc) is 2.40. The zero-order chi connectivity index (χ0) is 12.8. The van der Waals surface area contributed by atoms with Crippen LogP contribution >= 0.6 is 0 Å². The standard InChI is InChI=1S/C13H16N4O/c1-17-7-3-5-12(10-17)13(18)16-15-9-11-4-2-6-14-8-11/h2,4-6,8-9H,3,7,10H2,1H3,(H,16,18). The summed E-state index contributed by atoms with van der Waals surface area (Å²) in [6.07, 6.45) is 7.83. The van der Waals surface area contributed by atoms with Crippen molar-refractivity contribution in [3.8, 4) is 0 Å². The molecular weight excluding hydrogens is 228 g/mol. The molecule has 5 heteroatoms. The van der Waals surface area contributed by atoms with Crippen LogP contribution in [0.3, 0.4) is 0 Å². The molecule has 2 heterocycles. The molecule has 5 nitrogen and oxygen atoms in total. The topological polar surface area (TPSA) is 57.6 Å². The molecule has 1 aromatic heterocycles. The largest absolute Gasteiger partial charge is 0.302 e. The van der Waals surface area contributed by atoms with Gasteiger partial charge in [0, 0.05) is 36.6 Å². The molecule has 0 aromatic carbocycles. The molecule has 0 unspecified atom stereocenters. The molecule has 0 spiro atoms. The van der Waals surface area contributed by atoms with E-state index in [4.69, 9.17) is 0 Å². The molecule has 0 saturated carbocycles. The van der Waals surface area contributed by atoms with Gasteiger partial charge in [-0.2, -0.15) is 5.10 Å². The monoisotopic (exact) mass is 244 g/mol. The van der Waals surface area contributed by atoms with Crippen LogP contribution in [-0.2, 0) is 4.79 Å². The average molecular weight is 244 g/mol. The van der Waals surface area contributed by atoms with Gasteiger partial charge < -0.3 is 4.90 Å². The fraction of sp³-hybridized carbons (Fsp3) is 0.308. The summed E-state index contributed by atoms with van der Waals surface area (Å²) in [4.78, 5) is 17.9. The Morgan fingerprint density at radius 2 is 2.50 bits per heavy atom. The Labute approximate surface area is 106 Å². The summed E-state index contributed by atoms with van der Waals surface area (Å²) in [5.41, 5.74) is 4.15. The maximum atomic E-state index is 11.8. The molecule has 1 amide bonds. The van der Waals surface area contributed by atoms with Crippen molar-refractivity contribution in [2.45, 2.75) is 6.42 Å². The van der Waals surface area contributed by atoms with Gasteiger partial charge in [-0.25, -0.2) is 5.43 Å². The first-order valence-corrected chi connectivity index (χ1v) is 5.87. The zero-order valence-corrected chi connectivity index (χ0v) is 10.3. The Hall–Kier alpha value is -2.01. The van der Waals surface area contributed by atoms with Crippen LogP contribution in [0.15, 0.2) is 41.3 Å². The molecule has 0 aliphatic carbocycles. The van der Waals surface area contributed by atoms with Gasteiger partial charge in [-0.15, -0.1) is 0 Å². The van der Waals surface area contributed by atoms with Gasteiger partial charge in [-0.05, 0) is 19.5 Å². The van der Waals surface area contributed by atoms with Crippen molar-refractivity contribution in [1.29, 1.82) is 0 Å². The maximum Gasteiger partial charge on any atom is 0.268 e. The van der Waals surface area contributed by atoms with Crippen molar-refractivity contribution in [3.63, 3.8) is 0 Å². The van der Waals surface area contributed by atoms with Gasteiger partial charge in [-0.1, -0.05) is 12.1 Å². The van der Waals surface area contributed by atoms with E-state index in [1.165, 1.54) is 0 Å². The Balaban J connectivity index is 1.89. The molecule has 1 aromatic rings. The predicted octanol–water partition coefficient (Wildman–Crippen LogP) is 0.794. The van der Waals surface area contributed by atoms with Crippen LogP contribution in [0, 0.1) is 0 Å². The minimum atomic E-state index is -0.137. The quantitative estimate of drug-likeness (QED) is 0.632. The number of aromatic nitrogens is 1. The first kappa shape index (κ1) is 12.4. The highest BCUT2D eigenvalue weighted by atomic mass is 16.2. The summed E-state index contributed by atoms with van der Waals surface area (Å²) in [7, 11) is 2.00. The third-order valence-corrected chi connectivity index (χ3v) is 2.70. The fourth-order valence-corrected chi connectivity index (χ4v) is 1.75. The molecule has 1 aliphatic heterocycles. The Morgan fingerprint density at radius 1 is 1.61 bits per heavy atom. The van der Waals surface area contributed by atoms with E-state index in [0.717, 1.165) is 24.1 Å². The van der Waals surface area contributed by atoms with Gasteiger partial charge in [0.1, 0.15) is 0 Å². The maximum absolute atomic E-state index is 11.8. The van der Waals surface area contributed by atoms with E-state index in [-0.39, 0.29) is 5.91 Å². The van der Waals surface area contributed by atoms with Crippen LogP contribution in [0.25, 0.3) is 0 Å². The smallest absolute Gasteiger partial charge is 0.268 e. The highest BCUT2D eigenvalue weighted by Crippen LogP contribution is 2.07. The van der Waals surface area contributed by atoms with Crippen LogP contribution in [0.1, 0.15) is 12.0 Å². The van der Waals surface area contributed by atoms with E-state index >= 15 is 0 Å². The molecule has 0 saturated heterocycles. The normalized spacial score (nSPS) is 16.6. The molecule has 0 radical (unpaired) electrons. The second-order valence-electron chi connectivity index (χ2n) is 4.24. The van der Waals surface area contributed by atoms with E-state index in [1.54, 1.807) is 18.6 Å². The summed E-state index contributed by atoms with van der Waals surface area (Å²) >= 11 is 0. The Morgan fingerprint density at radius 3 is 3.22 bits per heavy atom. The number of carbonyl (C=O) groups is 1. The lowest BCUT2D eigenvalue weighted by molar-refractivity contribution is -0.117. The first-order valence-electron chi connectivity index (χ1n) is 5.87. The molecular formula is C13H16N4O. The Kier molecular flexibility index (Phi) is 4.20. The van der Waals surface area contributed by atoms with E-state index in [2.05, 4.69) is 20.4 Å². The molecule has 18 heavy (non-hydrogen) atoms. The molecule has 2 rings (SSSR count). The third-order valence-electron chi connectivity index (χ3n) is 2.70. The van der Waals surface area contributed by atoms with Gasteiger partial charge in [0.05, 0.1) is 6.21 Å². The van der Waals surface area contributed by atoms with Crippen LogP contribution in [0.2, 0.25) is 0 Å². The first-order chi connectivity index (χ1) is 8.75. The highest BCUT2D eigenvalue weighted by Gasteiger charge is 2.14. The molecule has 94 valence electrons. The summed E-state index contributed by atoms with van der Waals surface area (Å²) in [6, 6.07) is 3.69. The van der Waals surface area contributed by atoms with Crippen molar-refractivity contribution in [2.75, 3.05) is 20.1 Å². The summed E-state index contributed by atoms with van der Waals surface area (Å²) in [5.74, 6) is -0.137. The summed E-state index contributed by atoms with van der Waals surface area (Å²) < 4.78 is 0. The van der Waals surface area contributed by atoms with Gasteiger partial charge >= 0.3 is 0 Å². The van der Waals surface area contributed by atoms with Crippen molar-refractivity contribution in [3.05, 3.63) is 41.7 Å². The third kappa shape index (κ3) is 3.49. The highest BCUT2D eigenvalue weighted by molar-refractivity contribution is 5.94. The lowest BCUT2D eigenvalue weighted by Crippen LogP contribution is -2.32. The van der Waals surface area contributed by atoms with Crippen molar-refractivity contribution < 1.29 is 4.79 Å². The van der Waals surface area contributed by atoms with Crippen molar-refractivity contribution in [2.24, 2.45) is 5.10 Å². The number of amides is 1. The van der Waals surface area contributed by atoms with E-state index in [9.17, 15) is 4.79 Å². The van der Waals surface area contributed by atoms with Gasteiger partial charge in [-0.3, -0.25) is 9.78 Å². The fourth-order valence-electron chi connectivity index (χ4n) is 1.75. The van der Waals surface area contributed by atoms with Crippen LogP contribution < -0.4 is 5.43 Å². The van der Waals surface area contributed by atoms with E-state index in [1.807, 2.05) is 25.3 Å². The van der Waals surface area contributed by atoms with Crippen LogP contribution in [0.4, 0.5) is 0 Å². The number of likely N-dealkylation sites (N-methyl/N-ethyl adjacent to an activating group) is 1. The number of hydrogen-bond acceptors (Lipinski definition) is 4. The number of rotatable bonds is 3. The van der Waals surface area contributed by atoms with Gasteiger partial charge in [0.15, 0.2) is 0 Å². The number of nitrogens with one attached hydrogen (secondary N) is 1. The van der Waals surface area contributed by atoms with Crippen molar-refractivity contribution in [1.82, 2.24) is 15.3 Å². The molecule has 1 N–H and O–H groups in total. The number of nitrogens with zero attached hydrogens (tertiary/aromatic N) is 3. The number of hydrogen-bond donors (Lipinski definition) is 1. The minimum absolute atomic E-state index is 0.137. The Bertz CT molecular complexity index is 467. The minimum Gasteiger partial charge on any atom is -0.302 e. The number of hydrazone groups is 1. The summed E-state index contributed by atoms with van der Waals surface area (Å²) in [5, 5.41) is 3.92. The molecule has 1 aliphatic rings. The van der Waals surface area contributed by atoms with Gasteiger partial charge in [0.2, 0.25) is 0 Å². The second-order valence-corrected chi connectivity index (χ2v) is 4.24. The molecule has 0 fully saturated rings. The van der Waals surface area contributed by atoms with Crippen molar-refractivity contribution >= 4 is 12.1 Å². The van der Waals surface area contributed by atoms with Crippen LogP contribution in [0.5, 0.6) is 0 Å². The molecule has 0 atom stereocenters. The predicted molar refractivity (Wildman–Crippen MR) is 70.2 cm³/mol. The summed E-state index contributed by atoms with van der Waals surface area (Å²) in [6.45, 7) is 1.67. The van der Waals surface area contributed by atoms with E-state index in [0.29, 0.717) is 6.54 Å². The second kappa shape index (κ2) is 6.07. The van der Waals surface area contributed by atoms with Gasteiger partial charge in [0.25, 0.3) is 5.91 Å². The SMILES string of the molecule is CN1CCC=C(C(=O)NN=Cc2cccnc2)C1. The molecule has 0 bridgehead atoms. The lowest BCUT2D eigenvalue weighted by atomic mass is 10.1. The lowest BCUT2D eigenvalue weighted by Gasteiger charge is -2.21. The number of pyridine rings is 1.